The van der Waals surface area contributed by atoms with Gasteiger partial charge in [0, 0.05) is 17.5 Å². The Labute approximate surface area is 235 Å². The normalized spacial score (nSPS) is 11.8. The molecule has 2 N–H and O–H groups in total. The van der Waals surface area contributed by atoms with Gasteiger partial charge in [0.2, 0.25) is 0 Å². The highest BCUT2D eigenvalue weighted by atomic mass is 16.6. The highest BCUT2D eigenvalue weighted by molar-refractivity contribution is 6.45. The maximum Gasteiger partial charge on any atom is 0.311 e. The Hall–Kier alpha value is -5.88. The van der Waals surface area contributed by atoms with E-state index in [2.05, 4.69) is 25.8 Å². The molecule has 19 heteroatoms. The Morgan fingerprint density at radius 2 is 1.21 bits per heavy atom. The molecule has 0 fully saturated rings. The zero-order valence-corrected chi connectivity index (χ0v) is 22.6. The second kappa shape index (κ2) is 13.5. The average Bonchev–Trinajstić information content (AvgIpc) is 2.91. The summed E-state index contributed by atoms with van der Waals surface area (Å²) in [4.78, 5) is 66.7. The average molecular weight is 588 g/mol. The quantitative estimate of drug-likeness (QED) is 0.144. The van der Waals surface area contributed by atoms with Crippen LogP contribution in [0.5, 0.6) is 0 Å². The number of esters is 1. The van der Waals surface area contributed by atoms with Gasteiger partial charge in [0.25, 0.3) is 11.4 Å². The molecule has 0 aliphatic carbocycles. The number of hydrazone groups is 2. The first-order chi connectivity index (χ1) is 19.5. The summed E-state index contributed by atoms with van der Waals surface area (Å²) >= 11 is 0. The van der Waals surface area contributed by atoms with E-state index in [0.29, 0.717) is 6.07 Å². The van der Waals surface area contributed by atoms with Crippen LogP contribution >= 0.6 is 0 Å². The number of nitrogens with one attached hydrogen (secondary N) is 2. The largest absolute Gasteiger partial charge is 0.469 e. The molecule has 0 atom stereocenters. The molecule has 0 spiro atoms. The maximum absolute atomic E-state index is 13.2. The summed E-state index contributed by atoms with van der Waals surface area (Å²) in [5.41, 5.74) is 0.636. The lowest BCUT2D eigenvalue weighted by molar-refractivity contribution is -0.393. The number of nitro groups is 4. The van der Waals surface area contributed by atoms with Crippen LogP contribution < -0.4 is 10.9 Å². The molecule has 0 saturated heterocycles. The Morgan fingerprint density at radius 3 is 1.60 bits per heavy atom. The number of carbonyl (C=O) groups is 2. The zero-order chi connectivity index (χ0) is 31.8. The first-order valence-corrected chi connectivity index (χ1v) is 11.7. The van der Waals surface area contributed by atoms with Gasteiger partial charge in [0.15, 0.2) is 5.78 Å². The van der Waals surface area contributed by atoms with Crippen LogP contribution in [0, 0.1) is 45.9 Å². The molecule has 2 aromatic rings. The summed E-state index contributed by atoms with van der Waals surface area (Å²) in [6, 6.07) is 5.50. The van der Waals surface area contributed by atoms with Crippen LogP contribution in [0.2, 0.25) is 0 Å². The summed E-state index contributed by atoms with van der Waals surface area (Å²) in [6.07, 6.45) is -1.15. The van der Waals surface area contributed by atoms with Gasteiger partial charge in [-0.05, 0) is 12.1 Å². The van der Waals surface area contributed by atoms with Gasteiger partial charge in [-0.25, -0.2) is 0 Å². The van der Waals surface area contributed by atoms with E-state index in [-0.39, 0.29) is 17.1 Å². The van der Waals surface area contributed by atoms with E-state index in [1.54, 1.807) is 20.8 Å². The standard InChI is InChI=1S/C23H24N8O11/c1-23(2,3)21(27-25-16-8-6-14(29(36)37)10-19(16)31(40)41)12-20(32)17(11-22(33)42-4)26-24-15-7-5-13(28(34)35)9-18(15)30(38)39/h5-10,24-25H,11-12H2,1-4H3. The molecule has 0 aliphatic rings. The molecule has 0 heterocycles. The number of rotatable bonds is 13. The van der Waals surface area contributed by atoms with Crippen molar-refractivity contribution in [2.45, 2.75) is 33.6 Å². The maximum atomic E-state index is 13.2. The third kappa shape index (κ3) is 8.56. The number of methoxy groups -OCH3 is 1. The molecule has 2 rings (SSSR count). The molecule has 0 aromatic heterocycles. The Kier molecular flexibility index (Phi) is 10.4. The molecule has 0 amide bonds. The van der Waals surface area contributed by atoms with E-state index >= 15 is 0 Å². The Bertz CT molecular complexity index is 1510. The van der Waals surface area contributed by atoms with Crippen LogP contribution in [0.4, 0.5) is 34.1 Å². The number of ketones is 1. The van der Waals surface area contributed by atoms with Gasteiger partial charge in [-0.15, -0.1) is 0 Å². The molecule has 0 radical (unpaired) electrons. The summed E-state index contributed by atoms with van der Waals surface area (Å²) in [7, 11) is 1.06. The fourth-order valence-electron chi connectivity index (χ4n) is 3.15. The Morgan fingerprint density at radius 1 is 0.762 bits per heavy atom. The number of Topliss-reactive ketones (excluding diaryl/α,β-unsaturated/α-hetero) is 1. The number of nitrogens with zero attached hydrogens (tertiary/aromatic N) is 6. The molecule has 0 bridgehead atoms. The third-order valence-electron chi connectivity index (χ3n) is 5.46. The van der Waals surface area contributed by atoms with Crippen molar-refractivity contribution in [3.63, 3.8) is 0 Å². The third-order valence-corrected chi connectivity index (χ3v) is 5.46. The second-order valence-electron chi connectivity index (χ2n) is 9.37. The molecular formula is C23H24N8O11. The van der Waals surface area contributed by atoms with Crippen molar-refractivity contribution in [1.82, 2.24) is 0 Å². The van der Waals surface area contributed by atoms with Crippen molar-refractivity contribution in [2.24, 2.45) is 15.6 Å². The van der Waals surface area contributed by atoms with Crippen LogP contribution in [0.3, 0.4) is 0 Å². The van der Waals surface area contributed by atoms with Crippen LogP contribution in [0.1, 0.15) is 33.6 Å². The minimum absolute atomic E-state index is 0.124. The summed E-state index contributed by atoms with van der Waals surface area (Å²) in [5.74, 6) is -1.66. The lowest BCUT2D eigenvalue weighted by Gasteiger charge is -2.21. The lowest BCUT2D eigenvalue weighted by Crippen LogP contribution is -2.29. The van der Waals surface area contributed by atoms with E-state index in [1.807, 2.05) is 0 Å². The summed E-state index contributed by atoms with van der Waals surface area (Å²) in [6.45, 7) is 5.00. The Balaban J connectivity index is 2.45. The molecule has 0 aliphatic heterocycles. The van der Waals surface area contributed by atoms with Crippen LogP contribution in [-0.4, -0.2) is 50.0 Å². The number of carbonyl (C=O) groups excluding carboxylic acids is 2. The molecular weight excluding hydrogens is 564 g/mol. The van der Waals surface area contributed by atoms with Gasteiger partial charge in [-0.2, -0.15) is 10.2 Å². The summed E-state index contributed by atoms with van der Waals surface area (Å²) in [5, 5.41) is 52.8. The minimum Gasteiger partial charge on any atom is -0.469 e. The van der Waals surface area contributed by atoms with Crippen LogP contribution in [0.25, 0.3) is 0 Å². The van der Waals surface area contributed by atoms with Crippen molar-refractivity contribution >= 4 is 57.3 Å². The van der Waals surface area contributed by atoms with Gasteiger partial charge in [-0.3, -0.25) is 60.9 Å². The van der Waals surface area contributed by atoms with Gasteiger partial charge >= 0.3 is 17.3 Å². The van der Waals surface area contributed by atoms with Gasteiger partial charge < -0.3 is 4.74 Å². The minimum atomic E-state index is -0.903. The number of anilines is 2. The second-order valence-corrected chi connectivity index (χ2v) is 9.37. The zero-order valence-electron chi connectivity index (χ0n) is 22.6. The highest BCUT2D eigenvalue weighted by Crippen LogP contribution is 2.31. The van der Waals surface area contributed by atoms with E-state index in [9.17, 15) is 50.0 Å². The SMILES string of the molecule is COC(=O)CC(=NNc1ccc([N+](=O)[O-])cc1[N+](=O)[O-])C(=O)CC(=NNc1ccc([N+](=O)[O-])cc1[N+](=O)[O-])C(C)(C)C. The number of hydrogen-bond donors (Lipinski definition) is 2. The fourth-order valence-corrected chi connectivity index (χ4v) is 3.15. The monoisotopic (exact) mass is 588 g/mol. The predicted molar refractivity (Wildman–Crippen MR) is 147 cm³/mol. The van der Waals surface area contributed by atoms with E-state index in [0.717, 1.165) is 37.4 Å². The number of benzene rings is 2. The molecule has 19 nitrogen and oxygen atoms in total. The number of ether oxygens (including phenoxy) is 1. The topological polar surface area (TPSA) is 265 Å². The highest BCUT2D eigenvalue weighted by Gasteiger charge is 2.27. The van der Waals surface area contributed by atoms with Crippen molar-refractivity contribution in [3.05, 3.63) is 76.9 Å². The van der Waals surface area contributed by atoms with Crippen molar-refractivity contribution < 1.29 is 34.0 Å². The van der Waals surface area contributed by atoms with Crippen molar-refractivity contribution in [3.8, 4) is 0 Å². The number of nitro benzene ring substituents is 4. The lowest BCUT2D eigenvalue weighted by atomic mass is 9.86. The van der Waals surface area contributed by atoms with Crippen LogP contribution in [0.15, 0.2) is 46.6 Å². The predicted octanol–water partition coefficient (Wildman–Crippen LogP) is 4.12. The molecule has 2 aromatic carbocycles. The smallest absolute Gasteiger partial charge is 0.311 e. The molecule has 42 heavy (non-hydrogen) atoms. The van der Waals surface area contributed by atoms with Crippen molar-refractivity contribution in [1.29, 1.82) is 0 Å². The number of hydrogen-bond acceptors (Lipinski definition) is 15. The van der Waals surface area contributed by atoms with Gasteiger partial charge in [0.05, 0.1) is 57.5 Å². The van der Waals surface area contributed by atoms with Crippen LogP contribution in [-0.2, 0) is 14.3 Å². The van der Waals surface area contributed by atoms with Crippen molar-refractivity contribution in [2.75, 3.05) is 18.0 Å². The first-order valence-electron chi connectivity index (χ1n) is 11.7. The van der Waals surface area contributed by atoms with Gasteiger partial charge in [0.1, 0.15) is 17.1 Å². The number of non-ortho nitro benzene ring substituents is 2. The molecule has 0 saturated carbocycles. The molecule has 0 unspecified atom stereocenters. The van der Waals surface area contributed by atoms with E-state index in [4.69, 9.17) is 0 Å². The summed E-state index contributed by atoms with van der Waals surface area (Å²) < 4.78 is 4.59. The van der Waals surface area contributed by atoms with E-state index < -0.39 is 78.2 Å². The van der Waals surface area contributed by atoms with E-state index in [1.165, 1.54) is 0 Å². The van der Waals surface area contributed by atoms with Gasteiger partial charge in [-0.1, -0.05) is 20.8 Å². The fraction of sp³-hybridized carbons (Fsp3) is 0.304. The molecule has 222 valence electrons. The first kappa shape index (κ1) is 32.3.